The van der Waals surface area contributed by atoms with Crippen LogP contribution >= 0.6 is 11.8 Å². The average molecular weight is 423 g/mol. The summed E-state index contributed by atoms with van der Waals surface area (Å²) in [4.78, 5) is 24.6. The second-order valence-electron chi connectivity index (χ2n) is 6.94. The highest BCUT2D eigenvalue weighted by molar-refractivity contribution is 8.03. The van der Waals surface area contributed by atoms with Crippen molar-refractivity contribution in [2.24, 2.45) is 5.73 Å². The van der Waals surface area contributed by atoms with Gasteiger partial charge in [0.15, 0.2) is 0 Å². The molecule has 0 saturated heterocycles. The van der Waals surface area contributed by atoms with Crippen LogP contribution in [0.4, 0.5) is 5.69 Å². The van der Waals surface area contributed by atoms with Crippen molar-refractivity contribution in [3.05, 3.63) is 75.4 Å². The molecule has 0 bridgehead atoms. The average Bonchev–Trinajstić information content (AvgIpc) is 3.23. The molecule has 2 amide bonds. The standard InChI is InChI=1S/C22H22N4O3S/c1-12-6-4-7-13(2)20(12)26-21(28)18-14(3)25-22(30-11-17(24)27)15(10-23)19(18)16-8-5-9-29-16/h4-9,19,25H,11H2,1-3H3,(H2,24,27)(H,26,28)/t19-/m1/s1. The summed E-state index contributed by atoms with van der Waals surface area (Å²) in [5.41, 5.74) is 9.13. The number of rotatable bonds is 6. The summed E-state index contributed by atoms with van der Waals surface area (Å²) in [7, 11) is 0. The van der Waals surface area contributed by atoms with Gasteiger partial charge in [-0.05, 0) is 44.0 Å². The first kappa shape index (κ1) is 21.3. The van der Waals surface area contributed by atoms with Crippen LogP contribution in [0.2, 0.25) is 0 Å². The molecule has 30 heavy (non-hydrogen) atoms. The Morgan fingerprint density at radius 3 is 2.50 bits per heavy atom. The Balaban J connectivity index is 2.04. The van der Waals surface area contributed by atoms with Gasteiger partial charge in [-0.15, -0.1) is 0 Å². The first-order chi connectivity index (χ1) is 14.3. The molecule has 1 aliphatic heterocycles. The third-order valence-electron chi connectivity index (χ3n) is 4.80. The fourth-order valence-electron chi connectivity index (χ4n) is 3.40. The lowest BCUT2D eigenvalue weighted by atomic mass is 9.85. The van der Waals surface area contributed by atoms with Crippen LogP contribution in [-0.4, -0.2) is 17.6 Å². The van der Waals surface area contributed by atoms with E-state index in [-0.39, 0.29) is 11.7 Å². The van der Waals surface area contributed by atoms with Crippen molar-refractivity contribution in [3.8, 4) is 6.07 Å². The van der Waals surface area contributed by atoms with Crippen LogP contribution in [0.5, 0.6) is 0 Å². The number of furan rings is 1. The maximum atomic E-state index is 13.4. The Labute approximate surface area is 179 Å². The number of anilines is 1. The fraction of sp³-hybridized carbons (Fsp3) is 0.227. The predicted molar refractivity (Wildman–Crippen MR) is 116 cm³/mol. The van der Waals surface area contributed by atoms with Crippen LogP contribution in [0.3, 0.4) is 0 Å². The number of primary amides is 1. The maximum absolute atomic E-state index is 13.4. The first-order valence-corrected chi connectivity index (χ1v) is 10.3. The number of para-hydroxylation sites is 1. The summed E-state index contributed by atoms with van der Waals surface area (Å²) < 4.78 is 5.58. The van der Waals surface area contributed by atoms with Gasteiger partial charge in [0.25, 0.3) is 5.91 Å². The third kappa shape index (κ3) is 4.26. The molecule has 0 fully saturated rings. The predicted octanol–water partition coefficient (Wildman–Crippen LogP) is 3.45. The van der Waals surface area contributed by atoms with Gasteiger partial charge in [0.1, 0.15) is 5.76 Å². The lowest BCUT2D eigenvalue weighted by Gasteiger charge is -2.28. The summed E-state index contributed by atoms with van der Waals surface area (Å²) in [5.74, 6) is -1.05. The number of nitrogens with one attached hydrogen (secondary N) is 2. The van der Waals surface area contributed by atoms with Crippen molar-refractivity contribution in [1.82, 2.24) is 5.32 Å². The van der Waals surface area contributed by atoms with E-state index in [0.29, 0.717) is 27.6 Å². The van der Waals surface area contributed by atoms with Gasteiger partial charge in [-0.1, -0.05) is 30.0 Å². The van der Waals surface area contributed by atoms with Crippen LogP contribution in [0, 0.1) is 25.2 Å². The monoisotopic (exact) mass is 422 g/mol. The van der Waals surface area contributed by atoms with E-state index in [0.717, 1.165) is 28.6 Å². The number of nitrogens with two attached hydrogens (primary N) is 1. The zero-order valence-electron chi connectivity index (χ0n) is 16.9. The normalized spacial score (nSPS) is 16.1. The van der Waals surface area contributed by atoms with Crippen molar-refractivity contribution in [1.29, 1.82) is 5.26 Å². The first-order valence-electron chi connectivity index (χ1n) is 9.27. The molecule has 1 atom stereocenters. The Morgan fingerprint density at radius 2 is 1.93 bits per heavy atom. The van der Waals surface area contributed by atoms with Crippen molar-refractivity contribution in [3.63, 3.8) is 0 Å². The topological polar surface area (TPSA) is 121 Å². The smallest absolute Gasteiger partial charge is 0.254 e. The van der Waals surface area contributed by atoms with E-state index >= 15 is 0 Å². The number of carbonyl (C=O) groups excluding carboxylic acids is 2. The van der Waals surface area contributed by atoms with Crippen LogP contribution in [0.1, 0.15) is 29.7 Å². The van der Waals surface area contributed by atoms with Gasteiger partial charge in [-0.3, -0.25) is 9.59 Å². The largest absolute Gasteiger partial charge is 0.468 e. The molecular weight excluding hydrogens is 400 g/mol. The molecule has 154 valence electrons. The number of allylic oxidation sites excluding steroid dienone is 2. The molecule has 0 unspecified atom stereocenters. The number of amides is 2. The quantitative estimate of drug-likeness (QED) is 0.656. The van der Waals surface area contributed by atoms with Gasteiger partial charge in [0.05, 0.1) is 40.2 Å². The number of carbonyl (C=O) groups is 2. The minimum atomic E-state index is -0.703. The summed E-state index contributed by atoms with van der Waals surface area (Å²) in [6.07, 6.45) is 1.50. The molecule has 1 aromatic carbocycles. The summed E-state index contributed by atoms with van der Waals surface area (Å²) in [5, 5.41) is 16.5. The van der Waals surface area contributed by atoms with Gasteiger partial charge in [-0.2, -0.15) is 5.26 Å². The molecule has 0 saturated carbocycles. The maximum Gasteiger partial charge on any atom is 0.254 e. The molecule has 8 heteroatoms. The minimum absolute atomic E-state index is 0.00953. The Morgan fingerprint density at radius 1 is 1.23 bits per heavy atom. The number of nitriles is 1. The van der Waals surface area contributed by atoms with Crippen LogP contribution in [0.15, 0.2) is 62.9 Å². The Kier molecular flexibility index (Phi) is 6.33. The molecule has 3 rings (SSSR count). The lowest BCUT2D eigenvalue weighted by molar-refractivity contribution is -0.115. The van der Waals surface area contributed by atoms with Crippen molar-refractivity contribution in [2.75, 3.05) is 11.1 Å². The molecule has 0 spiro atoms. The van der Waals surface area contributed by atoms with E-state index in [4.69, 9.17) is 10.2 Å². The number of nitrogens with zero attached hydrogens (tertiary/aromatic N) is 1. The van der Waals surface area contributed by atoms with Crippen LogP contribution in [-0.2, 0) is 9.59 Å². The molecule has 2 heterocycles. The number of thioether (sulfide) groups is 1. The van der Waals surface area contributed by atoms with Crippen molar-refractivity contribution in [2.45, 2.75) is 26.7 Å². The summed E-state index contributed by atoms with van der Waals surface area (Å²) >= 11 is 1.13. The highest BCUT2D eigenvalue weighted by Crippen LogP contribution is 2.41. The highest BCUT2D eigenvalue weighted by Gasteiger charge is 2.36. The number of hydrogen-bond donors (Lipinski definition) is 3. The summed E-state index contributed by atoms with van der Waals surface area (Å²) in [6.45, 7) is 5.60. The van der Waals surface area contributed by atoms with E-state index in [2.05, 4.69) is 16.7 Å². The second-order valence-corrected chi connectivity index (χ2v) is 7.93. The number of hydrogen-bond acceptors (Lipinski definition) is 6. The Hall–Kier alpha value is -3.44. The lowest BCUT2D eigenvalue weighted by Crippen LogP contribution is -2.31. The molecule has 0 aliphatic carbocycles. The Bertz CT molecular complexity index is 1070. The van der Waals surface area contributed by atoms with E-state index in [1.807, 2.05) is 32.0 Å². The molecule has 1 aliphatic rings. The fourth-order valence-corrected chi connectivity index (χ4v) is 4.23. The third-order valence-corrected chi connectivity index (χ3v) is 5.84. The molecule has 7 nitrogen and oxygen atoms in total. The van der Waals surface area contributed by atoms with Gasteiger partial charge in [0, 0.05) is 11.4 Å². The van der Waals surface area contributed by atoms with E-state index in [1.165, 1.54) is 6.26 Å². The SMILES string of the molecule is CC1=C(C(=O)Nc2c(C)cccc2C)[C@@H](c2ccco2)C(C#N)=C(SCC(N)=O)N1. The zero-order chi connectivity index (χ0) is 21.8. The van der Waals surface area contributed by atoms with E-state index < -0.39 is 11.8 Å². The molecular formula is C22H22N4O3S. The van der Waals surface area contributed by atoms with Crippen molar-refractivity contribution >= 4 is 29.3 Å². The van der Waals surface area contributed by atoms with Gasteiger partial charge >= 0.3 is 0 Å². The second kappa shape index (κ2) is 8.93. The molecule has 2 aromatic rings. The number of benzene rings is 1. The molecule has 1 aromatic heterocycles. The van der Waals surface area contributed by atoms with Gasteiger partial charge in [-0.25, -0.2) is 0 Å². The van der Waals surface area contributed by atoms with Gasteiger partial charge in [0.2, 0.25) is 5.91 Å². The zero-order valence-corrected chi connectivity index (χ0v) is 17.7. The van der Waals surface area contributed by atoms with E-state index in [9.17, 15) is 14.9 Å². The molecule has 4 N–H and O–H groups in total. The summed E-state index contributed by atoms with van der Waals surface area (Å²) in [6, 6.07) is 11.4. The van der Waals surface area contributed by atoms with Crippen LogP contribution < -0.4 is 16.4 Å². The van der Waals surface area contributed by atoms with Crippen molar-refractivity contribution < 1.29 is 14.0 Å². The number of dihydropyridines is 1. The van der Waals surface area contributed by atoms with Crippen LogP contribution in [0.25, 0.3) is 0 Å². The highest BCUT2D eigenvalue weighted by atomic mass is 32.2. The number of aryl methyl sites for hydroxylation is 2. The molecule has 0 radical (unpaired) electrons. The van der Waals surface area contributed by atoms with E-state index in [1.54, 1.807) is 19.1 Å². The van der Waals surface area contributed by atoms with Gasteiger partial charge < -0.3 is 20.8 Å². The minimum Gasteiger partial charge on any atom is -0.468 e.